The predicted molar refractivity (Wildman–Crippen MR) is 108 cm³/mol. The van der Waals surface area contributed by atoms with Crippen molar-refractivity contribution in [2.24, 2.45) is 0 Å². The first-order valence-corrected chi connectivity index (χ1v) is 9.48. The summed E-state index contributed by atoms with van der Waals surface area (Å²) in [5, 5.41) is 3.28. The Morgan fingerprint density at radius 2 is 2.00 bits per heavy atom. The van der Waals surface area contributed by atoms with E-state index in [1.807, 2.05) is 18.2 Å². The molecular weight excluding hydrogens is 370 g/mol. The smallest absolute Gasteiger partial charge is 0.223 e. The van der Waals surface area contributed by atoms with Crippen molar-refractivity contribution in [2.45, 2.75) is 25.5 Å². The SMILES string of the molecule is COc1ccc(CNc2ncc(-c3cnccn3)c(C3CCCO3)n2)cc1OC. The quantitative estimate of drug-likeness (QED) is 0.653. The number of methoxy groups -OCH3 is 2. The van der Waals surface area contributed by atoms with Gasteiger partial charge in [0.25, 0.3) is 0 Å². The molecule has 1 unspecified atom stereocenters. The molecule has 0 bridgehead atoms. The summed E-state index contributed by atoms with van der Waals surface area (Å²) >= 11 is 0. The number of ether oxygens (including phenoxy) is 3. The molecule has 4 rings (SSSR count). The number of anilines is 1. The van der Waals surface area contributed by atoms with Gasteiger partial charge in [0.15, 0.2) is 11.5 Å². The maximum atomic E-state index is 5.88. The molecule has 1 N–H and O–H groups in total. The minimum Gasteiger partial charge on any atom is -0.493 e. The molecule has 0 amide bonds. The molecule has 8 nitrogen and oxygen atoms in total. The molecule has 29 heavy (non-hydrogen) atoms. The van der Waals surface area contributed by atoms with Crippen molar-refractivity contribution >= 4 is 5.95 Å². The largest absolute Gasteiger partial charge is 0.493 e. The summed E-state index contributed by atoms with van der Waals surface area (Å²) in [5.41, 5.74) is 3.46. The van der Waals surface area contributed by atoms with E-state index < -0.39 is 0 Å². The lowest BCUT2D eigenvalue weighted by Gasteiger charge is -2.15. The number of aromatic nitrogens is 4. The molecule has 8 heteroatoms. The van der Waals surface area contributed by atoms with E-state index in [1.54, 1.807) is 39.0 Å². The van der Waals surface area contributed by atoms with Crippen LogP contribution in [0.5, 0.6) is 11.5 Å². The van der Waals surface area contributed by atoms with Crippen molar-refractivity contribution in [1.29, 1.82) is 0 Å². The summed E-state index contributed by atoms with van der Waals surface area (Å²) in [5.74, 6) is 1.92. The summed E-state index contributed by atoms with van der Waals surface area (Å²) < 4.78 is 16.5. The van der Waals surface area contributed by atoms with Crippen LogP contribution in [0.15, 0.2) is 43.0 Å². The van der Waals surface area contributed by atoms with Crippen LogP contribution in [-0.2, 0) is 11.3 Å². The lowest BCUT2D eigenvalue weighted by molar-refractivity contribution is 0.109. The van der Waals surface area contributed by atoms with Gasteiger partial charge in [-0.25, -0.2) is 9.97 Å². The van der Waals surface area contributed by atoms with Crippen molar-refractivity contribution in [1.82, 2.24) is 19.9 Å². The van der Waals surface area contributed by atoms with Gasteiger partial charge in [-0.1, -0.05) is 6.07 Å². The Balaban J connectivity index is 1.57. The standard InChI is InChI=1S/C21H23N5O3/c1-27-17-6-5-14(10-19(17)28-2)11-24-21-25-12-15(16-13-22-7-8-23-16)20(26-21)18-4-3-9-29-18/h5-8,10,12-13,18H,3-4,9,11H2,1-2H3,(H,24,25,26). The minimum absolute atomic E-state index is 0.0587. The summed E-state index contributed by atoms with van der Waals surface area (Å²) in [7, 11) is 3.24. The average molecular weight is 393 g/mol. The van der Waals surface area contributed by atoms with Crippen LogP contribution in [0.1, 0.15) is 30.2 Å². The highest BCUT2D eigenvalue weighted by molar-refractivity contribution is 5.61. The molecule has 3 aromatic rings. The lowest BCUT2D eigenvalue weighted by Crippen LogP contribution is -2.09. The van der Waals surface area contributed by atoms with Crippen LogP contribution in [0, 0.1) is 0 Å². The van der Waals surface area contributed by atoms with E-state index in [9.17, 15) is 0 Å². The zero-order valence-corrected chi connectivity index (χ0v) is 16.5. The highest BCUT2D eigenvalue weighted by Crippen LogP contribution is 2.34. The number of hydrogen-bond donors (Lipinski definition) is 1. The molecular formula is C21H23N5O3. The van der Waals surface area contributed by atoms with Crippen molar-refractivity contribution in [2.75, 3.05) is 26.1 Å². The molecule has 0 saturated carbocycles. The van der Waals surface area contributed by atoms with E-state index in [4.69, 9.17) is 19.2 Å². The second-order valence-corrected chi connectivity index (χ2v) is 6.63. The number of hydrogen-bond acceptors (Lipinski definition) is 8. The van der Waals surface area contributed by atoms with Crippen molar-refractivity contribution in [3.8, 4) is 22.8 Å². The fourth-order valence-corrected chi connectivity index (χ4v) is 3.33. The average Bonchev–Trinajstić information content (AvgIpc) is 3.33. The monoisotopic (exact) mass is 393 g/mol. The second-order valence-electron chi connectivity index (χ2n) is 6.63. The second kappa shape index (κ2) is 8.83. The molecule has 0 radical (unpaired) electrons. The van der Waals surface area contributed by atoms with Crippen LogP contribution >= 0.6 is 0 Å². The third-order valence-electron chi connectivity index (χ3n) is 4.79. The molecule has 0 spiro atoms. The van der Waals surface area contributed by atoms with Gasteiger partial charge >= 0.3 is 0 Å². The van der Waals surface area contributed by atoms with E-state index in [1.165, 1.54) is 0 Å². The molecule has 1 aliphatic heterocycles. The van der Waals surface area contributed by atoms with Gasteiger partial charge in [-0.2, -0.15) is 0 Å². The van der Waals surface area contributed by atoms with Crippen LogP contribution in [0.25, 0.3) is 11.3 Å². The molecule has 2 aromatic heterocycles. The Morgan fingerprint density at radius 1 is 1.10 bits per heavy atom. The van der Waals surface area contributed by atoms with E-state index in [0.29, 0.717) is 24.0 Å². The topological polar surface area (TPSA) is 91.3 Å². The van der Waals surface area contributed by atoms with E-state index in [0.717, 1.165) is 42.0 Å². The Bertz CT molecular complexity index is 962. The highest BCUT2D eigenvalue weighted by atomic mass is 16.5. The van der Waals surface area contributed by atoms with Crippen molar-refractivity contribution in [3.63, 3.8) is 0 Å². The molecule has 1 fully saturated rings. The van der Waals surface area contributed by atoms with E-state index in [-0.39, 0.29) is 6.10 Å². The van der Waals surface area contributed by atoms with Gasteiger partial charge in [0.1, 0.15) is 6.10 Å². The summed E-state index contributed by atoms with van der Waals surface area (Å²) in [4.78, 5) is 17.8. The molecule has 150 valence electrons. The van der Waals surface area contributed by atoms with E-state index in [2.05, 4.69) is 20.3 Å². The number of benzene rings is 1. The fraction of sp³-hybridized carbons (Fsp3) is 0.333. The van der Waals surface area contributed by atoms with Crippen LogP contribution in [0.3, 0.4) is 0 Å². The first-order chi connectivity index (χ1) is 14.3. The first kappa shape index (κ1) is 19.1. The molecule has 1 atom stereocenters. The van der Waals surface area contributed by atoms with Crippen LogP contribution in [-0.4, -0.2) is 40.8 Å². The third-order valence-corrected chi connectivity index (χ3v) is 4.79. The Kier molecular flexibility index (Phi) is 5.81. The highest BCUT2D eigenvalue weighted by Gasteiger charge is 2.24. The van der Waals surface area contributed by atoms with Gasteiger partial charge in [0.2, 0.25) is 5.95 Å². The predicted octanol–water partition coefficient (Wildman–Crippen LogP) is 3.41. The molecule has 1 aromatic carbocycles. The Hall–Kier alpha value is -3.26. The molecule has 1 saturated heterocycles. The Morgan fingerprint density at radius 3 is 2.72 bits per heavy atom. The number of rotatable bonds is 7. The summed E-state index contributed by atoms with van der Waals surface area (Å²) in [6, 6.07) is 5.79. The van der Waals surface area contributed by atoms with Crippen molar-refractivity contribution < 1.29 is 14.2 Å². The van der Waals surface area contributed by atoms with Gasteiger partial charge in [0.05, 0.1) is 31.8 Å². The van der Waals surface area contributed by atoms with Crippen LogP contribution < -0.4 is 14.8 Å². The lowest BCUT2D eigenvalue weighted by atomic mass is 10.1. The Labute approximate surface area is 169 Å². The zero-order chi connectivity index (χ0) is 20.1. The van der Waals surface area contributed by atoms with Crippen LogP contribution in [0.4, 0.5) is 5.95 Å². The fourth-order valence-electron chi connectivity index (χ4n) is 3.33. The van der Waals surface area contributed by atoms with Gasteiger partial charge in [-0.3, -0.25) is 9.97 Å². The number of nitrogens with zero attached hydrogens (tertiary/aromatic N) is 4. The minimum atomic E-state index is -0.0587. The van der Waals surface area contributed by atoms with Crippen molar-refractivity contribution in [3.05, 3.63) is 54.2 Å². The third kappa shape index (κ3) is 4.27. The summed E-state index contributed by atoms with van der Waals surface area (Å²) in [6.07, 6.45) is 8.70. The van der Waals surface area contributed by atoms with Gasteiger partial charge in [-0.15, -0.1) is 0 Å². The summed E-state index contributed by atoms with van der Waals surface area (Å²) in [6.45, 7) is 1.29. The number of nitrogens with one attached hydrogen (secondary N) is 1. The first-order valence-electron chi connectivity index (χ1n) is 9.48. The van der Waals surface area contributed by atoms with Gasteiger partial charge in [-0.05, 0) is 30.5 Å². The van der Waals surface area contributed by atoms with E-state index >= 15 is 0 Å². The molecule has 1 aliphatic rings. The van der Waals surface area contributed by atoms with Gasteiger partial charge < -0.3 is 19.5 Å². The van der Waals surface area contributed by atoms with Crippen LogP contribution in [0.2, 0.25) is 0 Å². The van der Waals surface area contributed by atoms with Gasteiger partial charge in [0, 0.05) is 37.3 Å². The molecule has 3 heterocycles. The zero-order valence-electron chi connectivity index (χ0n) is 16.5. The maximum Gasteiger partial charge on any atom is 0.223 e. The normalized spacial score (nSPS) is 15.9. The maximum absolute atomic E-state index is 5.88. The molecule has 0 aliphatic carbocycles.